The van der Waals surface area contributed by atoms with Gasteiger partial charge in [0.25, 0.3) is 0 Å². The molecule has 0 aromatic heterocycles. The molecule has 3 nitrogen and oxygen atoms in total. The van der Waals surface area contributed by atoms with Crippen molar-refractivity contribution in [1.29, 1.82) is 0 Å². The molecule has 0 spiro atoms. The Morgan fingerprint density at radius 2 is 1.90 bits per heavy atom. The number of rotatable bonds is 8. The van der Waals surface area contributed by atoms with Gasteiger partial charge in [0.05, 0.1) is 6.61 Å². The summed E-state index contributed by atoms with van der Waals surface area (Å²) in [5.74, 6) is 0.511. The highest BCUT2D eigenvalue weighted by Crippen LogP contribution is 2.29. The third kappa shape index (κ3) is 5.44. The lowest BCUT2D eigenvalue weighted by Crippen LogP contribution is -2.46. The van der Waals surface area contributed by atoms with Crippen molar-refractivity contribution in [2.24, 2.45) is 5.92 Å². The maximum atomic E-state index is 13.6. The van der Waals surface area contributed by atoms with E-state index < -0.39 is 0 Å². The van der Waals surface area contributed by atoms with Crippen LogP contribution >= 0.6 is 0 Å². The Bertz CT molecular complexity index is 771. The first-order valence-corrected chi connectivity index (χ1v) is 11.0. The molecule has 0 amide bonds. The SMILES string of the molecule is COCCN(Cc1cccc(F)c1)C[C@H]1CCCN(C2Cc3ccccc3C2)C1. The molecule has 4 heteroatoms. The molecule has 2 aromatic rings. The van der Waals surface area contributed by atoms with Gasteiger partial charge in [0.2, 0.25) is 0 Å². The van der Waals surface area contributed by atoms with Gasteiger partial charge in [-0.1, -0.05) is 36.4 Å². The summed E-state index contributed by atoms with van der Waals surface area (Å²) in [6.07, 6.45) is 4.94. The van der Waals surface area contributed by atoms with E-state index in [1.807, 2.05) is 6.07 Å². The van der Waals surface area contributed by atoms with E-state index in [0.717, 1.165) is 25.2 Å². The van der Waals surface area contributed by atoms with Crippen molar-refractivity contribution in [1.82, 2.24) is 9.80 Å². The first-order chi connectivity index (χ1) is 14.2. The summed E-state index contributed by atoms with van der Waals surface area (Å²) >= 11 is 0. The van der Waals surface area contributed by atoms with Crippen LogP contribution in [0.1, 0.15) is 29.5 Å². The van der Waals surface area contributed by atoms with E-state index >= 15 is 0 Å². The summed E-state index contributed by atoms with van der Waals surface area (Å²) < 4.78 is 18.9. The molecule has 0 bridgehead atoms. The fourth-order valence-electron chi connectivity index (χ4n) is 5.09. The van der Waals surface area contributed by atoms with E-state index in [2.05, 4.69) is 34.1 Å². The zero-order valence-corrected chi connectivity index (χ0v) is 17.5. The van der Waals surface area contributed by atoms with Crippen molar-refractivity contribution in [3.05, 3.63) is 71.0 Å². The van der Waals surface area contributed by atoms with Crippen molar-refractivity contribution in [3.8, 4) is 0 Å². The van der Waals surface area contributed by atoms with Crippen LogP contribution in [-0.4, -0.2) is 55.7 Å². The molecule has 0 saturated carbocycles. The van der Waals surface area contributed by atoms with Crippen molar-refractivity contribution in [3.63, 3.8) is 0 Å². The summed E-state index contributed by atoms with van der Waals surface area (Å²) in [5, 5.41) is 0. The van der Waals surface area contributed by atoms with E-state index in [4.69, 9.17) is 4.74 Å². The molecule has 29 heavy (non-hydrogen) atoms. The molecular weight excluding hydrogens is 363 g/mol. The lowest BCUT2D eigenvalue weighted by atomic mass is 9.95. The Labute approximate surface area is 174 Å². The molecule has 1 atom stereocenters. The number of methoxy groups -OCH3 is 1. The van der Waals surface area contributed by atoms with Crippen LogP contribution in [0.15, 0.2) is 48.5 Å². The first-order valence-electron chi connectivity index (χ1n) is 11.0. The number of fused-ring (bicyclic) bond motifs is 1. The van der Waals surface area contributed by atoms with Gasteiger partial charge in [-0.2, -0.15) is 0 Å². The Kier molecular flexibility index (Phi) is 6.96. The van der Waals surface area contributed by atoms with Crippen molar-refractivity contribution >= 4 is 0 Å². The Balaban J connectivity index is 1.36. The number of hydrogen-bond donors (Lipinski definition) is 0. The predicted octanol–water partition coefficient (Wildman–Crippen LogP) is 4.15. The van der Waals surface area contributed by atoms with Crippen molar-refractivity contribution in [2.45, 2.75) is 38.3 Å². The largest absolute Gasteiger partial charge is 0.383 e. The van der Waals surface area contributed by atoms with E-state index in [1.54, 1.807) is 19.2 Å². The molecule has 0 N–H and O–H groups in total. The van der Waals surface area contributed by atoms with Crippen LogP contribution in [0.2, 0.25) is 0 Å². The van der Waals surface area contributed by atoms with Gasteiger partial charge >= 0.3 is 0 Å². The van der Waals surface area contributed by atoms with Gasteiger partial charge < -0.3 is 4.74 Å². The average molecular weight is 397 g/mol. The van der Waals surface area contributed by atoms with Crippen LogP contribution in [0.25, 0.3) is 0 Å². The number of hydrogen-bond acceptors (Lipinski definition) is 3. The molecule has 2 aromatic carbocycles. The number of benzene rings is 2. The van der Waals surface area contributed by atoms with Crippen LogP contribution in [0.5, 0.6) is 0 Å². The molecule has 1 aliphatic heterocycles. The fraction of sp³-hybridized carbons (Fsp3) is 0.520. The minimum Gasteiger partial charge on any atom is -0.383 e. The lowest BCUT2D eigenvalue weighted by molar-refractivity contribution is 0.0843. The van der Waals surface area contributed by atoms with Gasteiger partial charge in [-0.3, -0.25) is 9.80 Å². The molecule has 1 heterocycles. The van der Waals surface area contributed by atoms with E-state index in [1.165, 1.54) is 56.0 Å². The smallest absolute Gasteiger partial charge is 0.123 e. The second-order valence-electron chi connectivity index (χ2n) is 8.69. The highest BCUT2D eigenvalue weighted by Gasteiger charge is 2.30. The molecule has 1 aliphatic carbocycles. The zero-order valence-electron chi connectivity index (χ0n) is 17.5. The molecule has 4 rings (SSSR count). The van der Waals surface area contributed by atoms with Gasteiger partial charge in [0.15, 0.2) is 0 Å². The normalized spacial score (nSPS) is 20.3. The number of ether oxygens (including phenoxy) is 1. The third-order valence-corrected chi connectivity index (χ3v) is 6.52. The van der Waals surface area contributed by atoms with Crippen LogP contribution in [0, 0.1) is 11.7 Å². The van der Waals surface area contributed by atoms with Crippen LogP contribution in [-0.2, 0) is 24.1 Å². The van der Waals surface area contributed by atoms with Crippen LogP contribution in [0.4, 0.5) is 4.39 Å². The zero-order chi connectivity index (χ0) is 20.1. The summed E-state index contributed by atoms with van der Waals surface area (Å²) in [6.45, 7) is 5.83. The second-order valence-corrected chi connectivity index (χ2v) is 8.69. The molecule has 1 fully saturated rings. The molecule has 0 radical (unpaired) electrons. The minimum absolute atomic E-state index is 0.154. The quantitative estimate of drug-likeness (QED) is 0.667. The van der Waals surface area contributed by atoms with Gasteiger partial charge in [-0.25, -0.2) is 4.39 Å². The molecule has 1 saturated heterocycles. The fourth-order valence-corrected chi connectivity index (χ4v) is 5.09. The van der Waals surface area contributed by atoms with Gasteiger partial charge in [0, 0.05) is 39.3 Å². The van der Waals surface area contributed by atoms with Crippen molar-refractivity contribution in [2.75, 3.05) is 39.9 Å². The van der Waals surface area contributed by atoms with Crippen LogP contribution in [0.3, 0.4) is 0 Å². The Morgan fingerprint density at radius 1 is 1.10 bits per heavy atom. The number of likely N-dealkylation sites (tertiary alicyclic amines) is 1. The Morgan fingerprint density at radius 3 is 2.62 bits per heavy atom. The summed E-state index contributed by atoms with van der Waals surface area (Å²) in [5.41, 5.74) is 4.11. The number of nitrogens with zero attached hydrogens (tertiary/aromatic N) is 2. The standard InChI is InChI=1S/C25H33FN2O/c1-29-13-12-27(17-20-6-4-10-24(26)14-20)18-21-7-5-11-28(19-21)25-15-22-8-2-3-9-23(22)16-25/h2-4,6,8-10,14,21,25H,5,7,11-13,15-19H2,1H3/t21-/m1/s1. The summed E-state index contributed by atoms with van der Waals surface area (Å²) in [7, 11) is 1.75. The number of halogens is 1. The van der Waals surface area contributed by atoms with Gasteiger partial charge in [-0.05, 0) is 67.0 Å². The molecule has 0 unspecified atom stereocenters. The second kappa shape index (κ2) is 9.84. The summed E-state index contributed by atoms with van der Waals surface area (Å²) in [4.78, 5) is 5.17. The van der Waals surface area contributed by atoms with E-state index in [9.17, 15) is 4.39 Å². The maximum absolute atomic E-state index is 13.6. The first kappa shape index (κ1) is 20.5. The molecule has 156 valence electrons. The van der Waals surface area contributed by atoms with E-state index in [-0.39, 0.29) is 5.82 Å². The topological polar surface area (TPSA) is 15.7 Å². The molecule has 2 aliphatic rings. The summed E-state index contributed by atoms with van der Waals surface area (Å²) in [6, 6.07) is 16.6. The predicted molar refractivity (Wildman–Crippen MR) is 115 cm³/mol. The highest BCUT2D eigenvalue weighted by atomic mass is 19.1. The van der Waals surface area contributed by atoms with Gasteiger partial charge in [-0.15, -0.1) is 0 Å². The minimum atomic E-state index is -0.154. The highest BCUT2D eigenvalue weighted by molar-refractivity contribution is 5.33. The van der Waals surface area contributed by atoms with E-state index in [0.29, 0.717) is 18.6 Å². The lowest BCUT2D eigenvalue weighted by Gasteiger charge is -2.38. The third-order valence-electron chi connectivity index (χ3n) is 6.52. The average Bonchev–Trinajstić information content (AvgIpc) is 3.17. The van der Waals surface area contributed by atoms with Gasteiger partial charge in [0.1, 0.15) is 5.82 Å². The maximum Gasteiger partial charge on any atom is 0.123 e. The molecular formula is C25H33FN2O. The monoisotopic (exact) mass is 396 g/mol. The number of piperidine rings is 1. The van der Waals surface area contributed by atoms with Crippen LogP contribution < -0.4 is 0 Å². The van der Waals surface area contributed by atoms with Crippen molar-refractivity contribution < 1.29 is 9.13 Å². The Hall–Kier alpha value is -1.75.